The third-order valence-corrected chi connectivity index (χ3v) is 5.31. The molecule has 9 heteroatoms. The average molecular weight is 439 g/mol. The maximum absolute atomic E-state index is 12.9. The number of nitrogens with zero attached hydrogens (tertiary/aromatic N) is 1. The van der Waals surface area contributed by atoms with E-state index >= 15 is 0 Å². The highest BCUT2D eigenvalue weighted by Gasteiger charge is 2.31. The number of aliphatic hydroxyl groups excluding tert-OH is 1. The molecule has 1 fully saturated rings. The number of carbonyl (C=O) groups is 1. The quantitative estimate of drug-likeness (QED) is 0.604. The first-order chi connectivity index (χ1) is 14.6. The minimum Gasteiger partial charge on any atom is -0.393 e. The lowest BCUT2D eigenvalue weighted by Gasteiger charge is -2.26. The molecule has 1 aromatic carbocycles. The summed E-state index contributed by atoms with van der Waals surface area (Å²) in [7, 11) is 0. The first kappa shape index (κ1) is 23.3. The molecular formula is C22H28F3N3O3. The SMILES string of the molecule is CC(C)CNCc1c(C(=O)N[C@@H]2CCC[C@H](O)C2)noc1-c1ccc(C(F)(F)F)cc1. The second-order valence-electron chi connectivity index (χ2n) is 8.43. The number of hydrogen-bond donors (Lipinski definition) is 3. The van der Waals surface area contributed by atoms with E-state index in [2.05, 4.69) is 15.8 Å². The van der Waals surface area contributed by atoms with Gasteiger partial charge in [0.25, 0.3) is 5.91 Å². The summed E-state index contributed by atoms with van der Waals surface area (Å²) in [6, 6.07) is 4.43. The first-order valence-electron chi connectivity index (χ1n) is 10.5. The Labute approximate surface area is 179 Å². The van der Waals surface area contributed by atoms with Gasteiger partial charge in [-0.3, -0.25) is 4.79 Å². The zero-order chi connectivity index (χ0) is 22.6. The molecule has 3 N–H and O–H groups in total. The lowest BCUT2D eigenvalue weighted by molar-refractivity contribution is -0.137. The molecule has 1 aliphatic rings. The van der Waals surface area contributed by atoms with Gasteiger partial charge >= 0.3 is 6.18 Å². The Morgan fingerprint density at radius 1 is 1.26 bits per heavy atom. The van der Waals surface area contributed by atoms with Crippen LogP contribution in [-0.2, 0) is 12.7 Å². The van der Waals surface area contributed by atoms with E-state index in [0.717, 1.165) is 31.4 Å². The number of nitrogens with one attached hydrogen (secondary N) is 2. The highest BCUT2D eigenvalue weighted by atomic mass is 19.4. The van der Waals surface area contributed by atoms with Crippen molar-refractivity contribution in [1.82, 2.24) is 15.8 Å². The average Bonchev–Trinajstić information content (AvgIpc) is 3.11. The predicted molar refractivity (Wildman–Crippen MR) is 109 cm³/mol. The van der Waals surface area contributed by atoms with Crippen LogP contribution >= 0.6 is 0 Å². The van der Waals surface area contributed by atoms with Crippen molar-refractivity contribution in [3.63, 3.8) is 0 Å². The highest BCUT2D eigenvalue weighted by molar-refractivity contribution is 5.95. The van der Waals surface area contributed by atoms with Crippen LogP contribution in [0.1, 0.15) is 61.1 Å². The lowest BCUT2D eigenvalue weighted by Crippen LogP contribution is -2.40. The van der Waals surface area contributed by atoms with Gasteiger partial charge in [-0.15, -0.1) is 0 Å². The molecular weight excluding hydrogens is 411 g/mol. The second kappa shape index (κ2) is 9.82. The summed E-state index contributed by atoms with van der Waals surface area (Å²) in [6.07, 6.45) is -2.07. The number of amides is 1. The van der Waals surface area contributed by atoms with Crippen molar-refractivity contribution in [1.29, 1.82) is 0 Å². The van der Waals surface area contributed by atoms with Crippen LogP contribution in [0.2, 0.25) is 0 Å². The van der Waals surface area contributed by atoms with Crippen LogP contribution in [0.4, 0.5) is 13.2 Å². The van der Waals surface area contributed by atoms with Gasteiger partial charge in [-0.2, -0.15) is 13.2 Å². The number of aliphatic hydroxyl groups is 1. The van der Waals surface area contributed by atoms with Crippen LogP contribution in [0.25, 0.3) is 11.3 Å². The largest absolute Gasteiger partial charge is 0.416 e. The van der Waals surface area contributed by atoms with Crippen LogP contribution in [0, 0.1) is 5.92 Å². The fourth-order valence-corrected chi connectivity index (χ4v) is 3.72. The van der Waals surface area contributed by atoms with Crippen LogP contribution in [0.3, 0.4) is 0 Å². The molecule has 3 rings (SSSR count). The monoisotopic (exact) mass is 439 g/mol. The molecule has 1 heterocycles. The van der Waals surface area contributed by atoms with Crippen molar-refractivity contribution < 1.29 is 27.6 Å². The number of benzene rings is 1. The zero-order valence-electron chi connectivity index (χ0n) is 17.6. The second-order valence-corrected chi connectivity index (χ2v) is 8.43. The molecule has 2 aromatic rings. The fraction of sp³-hybridized carbons (Fsp3) is 0.545. The van der Waals surface area contributed by atoms with Crippen molar-refractivity contribution in [3.8, 4) is 11.3 Å². The number of carbonyl (C=O) groups excluding carboxylic acids is 1. The van der Waals surface area contributed by atoms with E-state index in [4.69, 9.17) is 4.52 Å². The van der Waals surface area contributed by atoms with Gasteiger partial charge < -0.3 is 20.3 Å². The van der Waals surface area contributed by atoms with Crippen LogP contribution in [0.5, 0.6) is 0 Å². The predicted octanol–water partition coefficient (Wildman–Crippen LogP) is 4.14. The van der Waals surface area contributed by atoms with Crippen molar-refractivity contribution in [2.75, 3.05) is 6.54 Å². The summed E-state index contributed by atoms with van der Waals surface area (Å²) in [5.74, 6) is 0.219. The molecule has 1 aromatic heterocycles. The van der Waals surface area contributed by atoms with E-state index in [9.17, 15) is 23.1 Å². The van der Waals surface area contributed by atoms with Gasteiger partial charge in [0.2, 0.25) is 0 Å². The molecule has 0 aliphatic heterocycles. The third kappa shape index (κ3) is 6.07. The summed E-state index contributed by atoms with van der Waals surface area (Å²) < 4.78 is 44.1. The summed E-state index contributed by atoms with van der Waals surface area (Å²) in [4.78, 5) is 12.9. The van der Waals surface area contributed by atoms with Gasteiger partial charge in [0.05, 0.1) is 11.7 Å². The molecule has 0 radical (unpaired) electrons. The number of halogens is 3. The fourth-order valence-electron chi connectivity index (χ4n) is 3.72. The van der Waals surface area contributed by atoms with E-state index in [0.29, 0.717) is 30.0 Å². The molecule has 170 valence electrons. The van der Waals surface area contributed by atoms with Crippen molar-refractivity contribution in [3.05, 3.63) is 41.1 Å². The maximum atomic E-state index is 12.9. The Hall–Kier alpha value is -2.39. The molecule has 0 saturated heterocycles. The third-order valence-electron chi connectivity index (χ3n) is 5.31. The van der Waals surface area contributed by atoms with Crippen LogP contribution in [0.15, 0.2) is 28.8 Å². The topological polar surface area (TPSA) is 87.4 Å². The summed E-state index contributed by atoms with van der Waals surface area (Å²) in [5.41, 5.74) is 0.249. The van der Waals surface area contributed by atoms with Crippen LogP contribution < -0.4 is 10.6 Å². The summed E-state index contributed by atoms with van der Waals surface area (Å²) in [5, 5.41) is 19.9. The molecule has 1 aliphatic carbocycles. The van der Waals surface area contributed by atoms with E-state index in [1.807, 2.05) is 13.8 Å². The van der Waals surface area contributed by atoms with Crippen molar-refractivity contribution in [2.24, 2.45) is 5.92 Å². The van der Waals surface area contributed by atoms with E-state index in [-0.39, 0.29) is 24.0 Å². The molecule has 6 nitrogen and oxygen atoms in total. The lowest BCUT2D eigenvalue weighted by atomic mass is 9.93. The Morgan fingerprint density at radius 2 is 1.97 bits per heavy atom. The Balaban J connectivity index is 1.85. The molecule has 0 unspecified atom stereocenters. The summed E-state index contributed by atoms with van der Waals surface area (Å²) in [6.45, 7) is 5.06. The number of hydrogen-bond acceptors (Lipinski definition) is 5. The standard InChI is InChI=1S/C22H28F3N3O3/c1-13(2)11-26-12-18-19(21(30)27-16-4-3-5-17(29)10-16)28-31-20(18)14-6-8-15(9-7-14)22(23,24)25/h6-9,13,16-17,26,29H,3-5,10-12H2,1-2H3,(H,27,30)/t16-,17+/m1/s1. The smallest absolute Gasteiger partial charge is 0.393 e. The molecule has 0 spiro atoms. The van der Waals surface area contributed by atoms with Gasteiger partial charge in [-0.1, -0.05) is 31.1 Å². The molecule has 0 bridgehead atoms. The highest BCUT2D eigenvalue weighted by Crippen LogP contribution is 2.33. The summed E-state index contributed by atoms with van der Waals surface area (Å²) >= 11 is 0. The van der Waals surface area contributed by atoms with Crippen LogP contribution in [-0.4, -0.2) is 34.9 Å². The van der Waals surface area contributed by atoms with Gasteiger partial charge in [-0.05, 0) is 50.3 Å². The Bertz CT molecular complexity index is 878. The van der Waals surface area contributed by atoms with E-state index < -0.39 is 23.8 Å². The Morgan fingerprint density at radius 3 is 2.58 bits per heavy atom. The Kier molecular flexibility index (Phi) is 7.38. The van der Waals surface area contributed by atoms with E-state index in [1.165, 1.54) is 12.1 Å². The maximum Gasteiger partial charge on any atom is 0.416 e. The van der Waals surface area contributed by atoms with Crippen molar-refractivity contribution in [2.45, 2.75) is 64.4 Å². The molecule has 2 atom stereocenters. The number of rotatable bonds is 7. The van der Waals surface area contributed by atoms with Gasteiger partial charge in [0.1, 0.15) is 0 Å². The van der Waals surface area contributed by atoms with Gasteiger partial charge in [-0.25, -0.2) is 0 Å². The molecule has 31 heavy (non-hydrogen) atoms. The molecule has 1 saturated carbocycles. The number of alkyl halides is 3. The minimum absolute atomic E-state index is 0.103. The zero-order valence-corrected chi connectivity index (χ0v) is 17.6. The normalized spacial score (nSPS) is 19.6. The minimum atomic E-state index is -4.43. The van der Waals surface area contributed by atoms with Gasteiger partial charge in [0.15, 0.2) is 11.5 Å². The van der Waals surface area contributed by atoms with E-state index in [1.54, 1.807) is 0 Å². The van der Waals surface area contributed by atoms with Crippen molar-refractivity contribution >= 4 is 5.91 Å². The van der Waals surface area contributed by atoms with Gasteiger partial charge in [0, 0.05) is 23.7 Å². The molecule has 1 amide bonds. The first-order valence-corrected chi connectivity index (χ1v) is 10.5. The number of aromatic nitrogens is 1.